The molecule has 0 saturated heterocycles. The molecule has 94 valence electrons. The van der Waals surface area contributed by atoms with E-state index >= 15 is 0 Å². The van der Waals surface area contributed by atoms with Gasteiger partial charge in [0.25, 0.3) is 0 Å². The van der Waals surface area contributed by atoms with Gasteiger partial charge in [0.05, 0.1) is 5.25 Å². The minimum absolute atomic E-state index is 0.0690. The predicted molar refractivity (Wildman–Crippen MR) is 74.2 cm³/mol. The Kier molecular flexibility index (Phi) is 4.87. The molecular formula is C13H20N2OS. The van der Waals surface area contributed by atoms with Crippen molar-refractivity contribution in [1.82, 2.24) is 5.32 Å². The van der Waals surface area contributed by atoms with Crippen LogP contribution in [0.4, 0.5) is 5.69 Å². The molecule has 0 fully saturated rings. The second-order valence-corrected chi connectivity index (χ2v) is 5.86. The first kappa shape index (κ1) is 13.9. The van der Waals surface area contributed by atoms with Crippen LogP contribution in [0.3, 0.4) is 0 Å². The summed E-state index contributed by atoms with van der Waals surface area (Å²) >= 11 is 1.55. The molecule has 1 amide bonds. The van der Waals surface area contributed by atoms with Crippen LogP contribution in [0.2, 0.25) is 0 Å². The van der Waals surface area contributed by atoms with Gasteiger partial charge < -0.3 is 11.1 Å². The monoisotopic (exact) mass is 252 g/mol. The van der Waals surface area contributed by atoms with Gasteiger partial charge in [0, 0.05) is 16.6 Å². The summed E-state index contributed by atoms with van der Waals surface area (Å²) < 4.78 is 0. The summed E-state index contributed by atoms with van der Waals surface area (Å²) in [5, 5.41) is 2.81. The van der Waals surface area contributed by atoms with E-state index in [2.05, 4.69) is 5.32 Å². The Morgan fingerprint density at radius 2 is 2.00 bits per heavy atom. The lowest BCUT2D eigenvalue weighted by Crippen LogP contribution is -2.35. The Morgan fingerprint density at radius 3 is 2.53 bits per heavy atom. The predicted octanol–water partition coefficient (Wildman–Crippen LogP) is 2.58. The summed E-state index contributed by atoms with van der Waals surface area (Å²) in [4.78, 5) is 12.8. The summed E-state index contributed by atoms with van der Waals surface area (Å²) in [5.74, 6) is 0.0690. The SMILES string of the molecule is Cc1cc(SC(C)C(=O)NC(C)C)ccc1N. The third-order valence-electron chi connectivity index (χ3n) is 2.35. The zero-order valence-electron chi connectivity index (χ0n) is 10.8. The molecule has 0 aliphatic rings. The third-order valence-corrected chi connectivity index (χ3v) is 3.45. The van der Waals surface area contributed by atoms with Crippen molar-refractivity contribution >= 4 is 23.4 Å². The van der Waals surface area contributed by atoms with E-state index in [-0.39, 0.29) is 17.2 Å². The van der Waals surface area contributed by atoms with Gasteiger partial charge in [0.2, 0.25) is 5.91 Å². The molecule has 0 aromatic heterocycles. The quantitative estimate of drug-likeness (QED) is 0.639. The lowest BCUT2D eigenvalue weighted by Gasteiger charge is -2.14. The molecule has 0 spiro atoms. The van der Waals surface area contributed by atoms with E-state index in [0.29, 0.717) is 0 Å². The van der Waals surface area contributed by atoms with Gasteiger partial charge >= 0.3 is 0 Å². The molecule has 1 atom stereocenters. The van der Waals surface area contributed by atoms with Gasteiger partial charge in [-0.1, -0.05) is 0 Å². The number of hydrogen-bond donors (Lipinski definition) is 2. The van der Waals surface area contributed by atoms with E-state index in [4.69, 9.17) is 5.73 Å². The van der Waals surface area contributed by atoms with Crippen molar-refractivity contribution in [2.24, 2.45) is 0 Å². The van der Waals surface area contributed by atoms with E-state index in [9.17, 15) is 4.79 Å². The Balaban J connectivity index is 2.64. The topological polar surface area (TPSA) is 55.1 Å². The van der Waals surface area contributed by atoms with E-state index < -0.39 is 0 Å². The molecule has 0 aliphatic carbocycles. The number of nitrogens with one attached hydrogen (secondary N) is 1. The van der Waals surface area contributed by atoms with Crippen molar-refractivity contribution in [2.75, 3.05) is 5.73 Å². The molecule has 0 saturated carbocycles. The smallest absolute Gasteiger partial charge is 0.233 e. The Labute approximate surface area is 107 Å². The van der Waals surface area contributed by atoms with Gasteiger partial charge in [-0.2, -0.15) is 0 Å². The average molecular weight is 252 g/mol. The number of carbonyl (C=O) groups excluding carboxylic acids is 1. The standard InChI is InChI=1S/C13H20N2OS/c1-8(2)15-13(16)10(4)17-11-5-6-12(14)9(3)7-11/h5-8,10H,14H2,1-4H3,(H,15,16). The van der Waals surface area contributed by atoms with Crippen LogP contribution in [0, 0.1) is 6.92 Å². The highest BCUT2D eigenvalue weighted by molar-refractivity contribution is 8.00. The van der Waals surface area contributed by atoms with Crippen LogP contribution in [-0.4, -0.2) is 17.2 Å². The maximum atomic E-state index is 11.8. The van der Waals surface area contributed by atoms with E-state index in [1.54, 1.807) is 11.8 Å². The second-order valence-electron chi connectivity index (χ2n) is 4.44. The highest BCUT2D eigenvalue weighted by Gasteiger charge is 2.15. The van der Waals surface area contributed by atoms with Gasteiger partial charge in [-0.05, 0) is 51.5 Å². The van der Waals surface area contributed by atoms with Gasteiger partial charge in [0.15, 0.2) is 0 Å². The van der Waals surface area contributed by atoms with Crippen LogP contribution in [0.25, 0.3) is 0 Å². The number of rotatable bonds is 4. The minimum atomic E-state index is -0.0968. The number of anilines is 1. The summed E-state index contributed by atoms with van der Waals surface area (Å²) in [6.07, 6.45) is 0. The molecule has 0 radical (unpaired) electrons. The first-order valence-corrected chi connectivity index (χ1v) is 6.61. The maximum Gasteiger partial charge on any atom is 0.233 e. The Morgan fingerprint density at radius 1 is 1.35 bits per heavy atom. The summed E-state index contributed by atoms with van der Waals surface area (Å²) in [5.41, 5.74) is 7.59. The molecule has 3 nitrogen and oxygen atoms in total. The molecule has 0 bridgehead atoms. The van der Waals surface area contributed by atoms with Crippen molar-refractivity contribution in [3.05, 3.63) is 23.8 Å². The number of nitrogen functional groups attached to an aromatic ring is 1. The van der Waals surface area contributed by atoms with Crippen LogP contribution >= 0.6 is 11.8 Å². The number of thioether (sulfide) groups is 1. The Bertz CT molecular complexity index is 404. The summed E-state index contributed by atoms with van der Waals surface area (Å²) in [6, 6.07) is 6.02. The maximum absolute atomic E-state index is 11.8. The van der Waals surface area contributed by atoms with Crippen LogP contribution in [0.1, 0.15) is 26.3 Å². The highest BCUT2D eigenvalue weighted by atomic mass is 32.2. The molecule has 1 aromatic carbocycles. The molecule has 3 N–H and O–H groups in total. The van der Waals surface area contributed by atoms with Crippen LogP contribution in [0.15, 0.2) is 23.1 Å². The number of hydrogen-bond acceptors (Lipinski definition) is 3. The van der Waals surface area contributed by atoms with Crippen molar-refractivity contribution in [3.63, 3.8) is 0 Å². The van der Waals surface area contributed by atoms with E-state index in [1.165, 1.54) is 0 Å². The number of carbonyl (C=O) groups is 1. The van der Waals surface area contributed by atoms with Gasteiger partial charge in [-0.15, -0.1) is 11.8 Å². The molecule has 0 heterocycles. The van der Waals surface area contributed by atoms with Crippen LogP contribution in [0.5, 0.6) is 0 Å². The lowest BCUT2D eigenvalue weighted by molar-refractivity contribution is -0.120. The van der Waals surface area contributed by atoms with Crippen molar-refractivity contribution in [3.8, 4) is 0 Å². The molecule has 17 heavy (non-hydrogen) atoms. The highest BCUT2D eigenvalue weighted by Crippen LogP contribution is 2.26. The summed E-state index contributed by atoms with van der Waals surface area (Å²) in [7, 11) is 0. The van der Waals surface area contributed by atoms with Crippen molar-refractivity contribution in [2.45, 2.75) is 43.9 Å². The van der Waals surface area contributed by atoms with E-state index in [0.717, 1.165) is 16.1 Å². The normalized spacial score (nSPS) is 12.5. The third kappa shape index (κ3) is 4.30. The second kappa shape index (κ2) is 5.96. The molecule has 1 rings (SSSR count). The largest absolute Gasteiger partial charge is 0.399 e. The van der Waals surface area contributed by atoms with Gasteiger partial charge in [-0.3, -0.25) is 4.79 Å². The number of nitrogens with two attached hydrogens (primary N) is 1. The first-order valence-electron chi connectivity index (χ1n) is 5.73. The number of benzene rings is 1. The van der Waals surface area contributed by atoms with Gasteiger partial charge in [0.1, 0.15) is 0 Å². The molecule has 1 unspecified atom stereocenters. The minimum Gasteiger partial charge on any atom is -0.399 e. The van der Waals surface area contributed by atoms with Gasteiger partial charge in [-0.25, -0.2) is 0 Å². The lowest BCUT2D eigenvalue weighted by atomic mass is 10.2. The number of amides is 1. The fraction of sp³-hybridized carbons (Fsp3) is 0.462. The fourth-order valence-corrected chi connectivity index (χ4v) is 2.36. The zero-order chi connectivity index (χ0) is 13.0. The van der Waals surface area contributed by atoms with Crippen LogP contribution in [-0.2, 0) is 4.79 Å². The van der Waals surface area contributed by atoms with Crippen LogP contribution < -0.4 is 11.1 Å². The average Bonchev–Trinajstić information content (AvgIpc) is 2.22. The first-order chi connectivity index (χ1) is 7.90. The van der Waals surface area contributed by atoms with E-state index in [1.807, 2.05) is 45.9 Å². The zero-order valence-corrected chi connectivity index (χ0v) is 11.6. The Hall–Kier alpha value is -1.16. The summed E-state index contributed by atoms with van der Waals surface area (Å²) in [6.45, 7) is 7.80. The number of aryl methyl sites for hydroxylation is 1. The molecule has 1 aromatic rings. The molecule has 4 heteroatoms. The fourth-order valence-electron chi connectivity index (χ4n) is 1.38. The van der Waals surface area contributed by atoms with Crippen molar-refractivity contribution < 1.29 is 4.79 Å². The van der Waals surface area contributed by atoms with Crippen molar-refractivity contribution in [1.29, 1.82) is 0 Å². The molecule has 0 aliphatic heterocycles. The molecular weight excluding hydrogens is 232 g/mol.